The molecule has 1 aliphatic rings. The van der Waals surface area contributed by atoms with Crippen molar-refractivity contribution in [3.8, 4) is 0 Å². The summed E-state index contributed by atoms with van der Waals surface area (Å²) >= 11 is 3.10. The van der Waals surface area contributed by atoms with Gasteiger partial charge < -0.3 is 5.32 Å². The van der Waals surface area contributed by atoms with Crippen molar-refractivity contribution < 1.29 is 8.78 Å². The van der Waals surface area contributed by atoms with Gasteiger partial charge in [-0.3, -0.25) is 0 Å². The molecule has 0 saturated heterocycles. The molecule has 0 aromatic heterocycles. The van der Waals surface area contributed by atoms with Crippen LogP contribution in [-0.2, 0) is 6.54 Å². The second-order valence-electron chi connectivity index (χ2n) is 5.74. The average molecular weight is 346 g/mol. The summed E-state index contributed by atoms with van der Waals surface area (Å²) < 4.78 is 27.9. The first-order chi connectivity index (χ1) is 9.59. The molecule has 1 atom stereocenters. The number of hydrogen-bond donors (Lipinski definition) is 1. The van der Waals surface area contributed by atoms with Crippen molar-refractivity contribution in [2.45, 2.75) is 58.0 Å². The molecule has 1 fully saturated rings. The number of halogens is 3. The van der Waals surface area contributed by atoms with Gasteiger partial charge in [-0.1, -0.05) is 25.7 Å². The lowest BCUT2D eigenvalue weighted by Crippen LogP contribution is -2.33. The van der Waals surface area contributed by atoms with Crippen molar-refractivity contribution in [3.05, 3.63) is 33.8 Å². The van der Waals surface area contributed by atoms with Crippen LogP contribution in [0, 0.1) is 17.6 Å². The van der Waals surface area contributed by atoms with Crippen LogP contribution in [0.1, 0.15) is 51.0 Å². The summed E-state index contributed by atoms with van der Waals surface area (Å²) in [5.74, 6) is -0.354. The van der Waals surface area contributed by atoms with Gasteiger partial charge >= 0.3 is 0 Å². The smallest absolute Gasteiger partial charge is 0.144 e. The van der Waals surface area contributed by atoms with Crippen LogP contribution in [0.4, 0.5) is 8.78 Å². The quantitative estimate of drug-likeness (QED) is 0.585. The summed E-state index contributed by atoms with van der Waals surface area (Å²) in [6.45, 7) is 2.37. The lowest BCUT2D eigenvalue weighted by molar-refractivity contribution is 0.333. The summed E-state index contributed by atoms with van der Waals surface area (Å²) in [6, 6.07) is 3.01. The van der Waals surface area contributed by atoms with E-state index in [0.717, 1.165) is 0 Å². The van der Waals surface area contributed by atoms with Crippen LogP contribution in [0.25, 0.3) is 0 Å². The maximum atomic E-state index is 13.9. The minimum absolute atomic E-state index is 0.125. The second kappa shape index (κ2) is 7.51. The molecule has 0 unspecified atom stereocenters. The standard InChI is InChI=1S/C16H22BrF2N/c1-11(12-6-4-2-3-5-7-12)20-10-13-15(18)9-8-14(17)16(13)19/h8-9,11-12,20H,2-7,10H2,1H3/t11-/m1/s1. The molecule has 4 heteroatoms. The third-order valence-electron chi connectivity index (χ3n) is 4.35. The lowest BCUT2D eigenvalue weighted by atomic mass is 9.93. The first-order valence-corrected chi connectivity index (χ1v) is 8.24. The molecule has 0 heterocycles. The maximum Gasteiger partial charge on any atom is 0.144 e. The molecule has 1 saturated carbocycles. The highest BCUT2D eigenvalue weighted by Crippen LogP contribution is 2.26. The molecule has 1 N–H and O–H groups in total. The Kier molecular flexibility index (Phi) is 5.97. The van der Waals surface area contributed by atoms with Crippen molar-refractivity contribution in [2.24, 2.45) is 5.92 Å². The van der Waals surface area contributed by atoms with Gasteiger partial charge in [0.2, 0.25) is 0 Å². The topological polar surface area (TPSA) is 12.0 Å². The van der Waals surface area contributed by atoms with E-state index in [2.05, 4.69) is 28.2 Å². The van der Waals surface area contributed by atoms with E-state index in [1.165, 1.54) is 50.7 Å². The number of hydrogen-bond acceptors (Lipinski definition) is 1. The van der Waals surface area contributed by atoms with E-state index in [4.69, 9.17) is 0 Å². The van der Waals surface area contributed by atoms with E-state index in [0.29, 0.717) is 16.4 Å². The largest absolute Gasteiger partial charge is 0.310 e. The Morgan fingerprint density at radius 1 is 1.20 bits per heavy atom. The predicted molar refractivity (Wildman–Crippen MR) is 81.6 cm³/mol. The molecule has 112 valence electrons. The molecule has 0 spiro atoms. The zero-order valence-electron chi connectivity index (χ0n) is 11.9. The fourth-order valence-electron chi connectivity index (χ4n) is 2.97. The second-order valence-corrected chi connectivity index (χ2v) is 6.60. The Bertz CT molecular complexity index is 442. The van der Waals surface area contributed by atoms with Crippen LogP contribution >= 0.6 is 15.9 Å². The molecule has 1 aromatic rings. The minimum atomic E-state index is -0.495. The predicted octanol–water partition coefficient (Wildman–Crippen LogP) is 5.18. The van der Waals surface area contributed by atoms with Gasteiger partial charge in [0.1, 0.15) is 11.6 Å². The molecule has 0 aliphatic heterocycles. The van der Waals surface area contributed by atoms with E-state index in [1.807, 2.05) is 0 Å². The SMILES string of the molecule is C[C@@H](NCc1c(F)ccc(Br)c1F)C1CCCCCC1. The molecule has 2 rings (SSSR count). The minimum Gasteiger partial charge on any atom is -0.310 e. The first-order valence-electron chi connectivity index (χ1n) is 7.45. The molecule has 1 aromatic carbocycles. The molecule has 0 amide bonds. The van der Waals surface area contributed by atoms with Gasteiger partial charge in [0, 0.05) is 18.2 Å². The van der Waals surface area contributed by atoms with Gasteiger partial charge in [-0.05, 0) is 53.7 Å². The summed E-state index contributed by atoms with van der Waals surface area (Å²) in [7, 11) is 0. The van der Waals surface area contributed by atoms with Crippen molar-refractivity contribution in [3.63, 3.8) is 0 Å². The van der Waals surface area contributed by atoms with Crippen molar-refractivity contribution >= 4 is 15.9 Å². The summed E-state index contributed by atoms with van der Waals surface area (Å²) in [6.07, 6.45) is 7.62. The van der Waals surface area contributed by atoms with E-state index >= 15 is 0 Å². The molecular weight excluding hydrogens is 324 g/mol. The normalized spacial score (nSPS) is 18.8. The Balaban J connectivity index is 1.96. The Morgan fingerprint density at radius 2 is 1.85 bits per heavy atom. The summed E-state index contributed by atoms with van der Waals surface area (Å²) in [5.41, 5.74) is 0.125. The Labute approximate surface area is 128 Å². The Morgan fingerprint density at radius 3 is 2.50 bits per heavy atom. The lowest BCUT2D eigenvalue weighted by Gasteiger charge is -2.24. The monoisotopic (exact) mass is 345 g/mol. The summed E-state index contributed by atoms with van der Waals surface area (Å²) in [5, 5.41) is 3.30. The van der Waals surface area contributed by atoms with Gasteiger partial charge in [0.15, 0.2) is 0 Å². The molecular formula is C16H22BrF2N. The zero-order chi connectivity index (χ0) is 14.5. The molecule has 1 nitrogen and oxygen atoms in total. The number of benzene rings is 1. The van der Waals surface area contributed by atoms with Gasteiger partial charge in [0.25, 0.3) is 0 Å². The molecule has 1 aliphatic carbocycles. The van der Waals surface area contributed by atoms with Crippen LogP contribution in [0.5, 0.6) is 0 Å². The number of nitrogens with one attached hydrogen (secondary N) is 1. The third-order valence-corrected chi connectivity index (χ3v) is 4.96. The highest BCUT2D eigenvalue weighted by Gasteiger charge is 2.20. The van der Waals surface area contributed by atoms with Crippen molar-refractivity contribution in [1.29, 1.82) is 0 Å². The van der Waals surface area contributed by atoms with Crippen LogP contribution in [0.2, 0.25) is 0 Å². The fraction of sp³-hybridized carbons (Fsp3) is 0.625. The van der Waals surface area contributed by atoms with Gasteiger partial charge in [-0.15, -0.1) is 0 Å². The number of rotatable bonds is 4. The van der Waals surface area contributed by atoms with Gasteiger partial charge in [-0.25, -0.2) is 8.78 Å². The molecule has 0 radical (unpaired) electrons. The van der Waals surface area contributed by atoms with E-state index in [9.17, 15) is 8.78 Å². The fourth-order valence-corrected chi connectivity index (χ4v) is 3.34. The highest BCUT2D eigenvalue weighted by atomic mass is 79.9. The van der Waals surface area contributed by atoms with Crippen LogP contribution in [-0.4, -0.2) is 6.04 Å². The van der Waals surface area contributed by atoms with Crippen LogP contribution in [0.15, 0.2) is 16.6 Å². The first kappa shape index (κ1) is 15.9. The Hall–Kier alpha value is -0.480. The van der Waals surface area contributed by atoms with E-state index in [1.54, 1.807) is 0 Å². The molecule has 20 heavy (non-hydrogen) atoms. The maximum absolute atomic E-state index is 13.9. The van der Waals surface area contributed by atoms with E-state index in [-0.39, 0.29) is 12.1 Å². The molecule has 0 bridgehead atoms. The summed E-state index contributed by atoms with van der Waals surface area (Å²) in [4.78, 5) is 0. The zero-order valence-corrected chi connectivity index (χ0v) is 13.5. The third kappa shape index (κ3) is 4.01. The van der Waals surface area contributed by atoms with Crippen LogP contribution in [0.3, 0.4) is 0 Å². The van der Waals surface area contributed by atoms with Crippen LogP contribution < -0.4 is 5.32 Å². The van der Waals surface area contributed by atoms with Gasteiger partial charge in [0.05, 0.1) is 4.47 Å². The average Bonchev–Trinajstić information content (AvgIpc) is 2.72. The van der Waals surface area contributed by atoms with Crippen molar-refractivity contribution in [1.82, 2.24) is 5.32 Å². The highest BCUT2D eigenvalue weighted by molar-refractivity contribution is 9.10. The van der Waals surface area contributed by atoms with E-state index < -0.39 is 11.6 Å². The van der Waals surface area contributed by atoms with Gasteiger partial charge in [-0.2, -0.15) is 0 Å². The van der Waals surface area contributed by atoms with Crippen molar-refractivity contribution in [2.75, 3.05) is 0 Å².